The van der Waals surface area contributed by atoms with E-state index in [9.17, 15) is 8.42 Å². The molecule has 6 heteroatoms. The maximum Gasteiger partial charge on any atom is 0.252 e. The Hall–Kier alpha value is -0.430. The summed E-state index contributed by atoms with van der Waals surface area (Å²) in [5, 5.41) is 10.6. The van der Waals surface area contributed by atoms with Gasteiger partial charge < -0.3 is 5.11 Å². The summed E-state index contributed by atoms with van der Waals surface area (Å²) < 4.78 is 26.0. The molecule has 0 aliphatic carbocycles. The van der Waals surface area contributed by atoms with Crippen LogP contribution in [0.4, 0.5) is 0 Å². The molecule has 16 heavy (non-hydrogen) atoms. The predicted octanol–water partition coefficient (Wildman–Crippen LogP) is 1.66. The Balaban J connectivity index is 2.99. The van der Waals surface area contributed by atoms with E-state index in [-0.39, 0.29) is 6.61 Å². The third kappa shape index (κ3) is 2.82. The van der Waals surface area contributed by atoms with Crippen molar-refractivity contribution in [2.75, 3.05) is 13.1 Å². The summed E-state index contributed by atoms with van der Waals surface area (Å²) in [6, 6.07) is 1.54. The van der Waals surface area contributed by atoms with E-state index in [1.54, 1.807) is 11.4 Å². The molecular formula is C10H17NO3S2. The fourth-order valence-electron chi connectivity index (χ4n) is 1.40. The van der Waals surface area contributed by atoms with Gasteiger partial charge in [0.1, 0.15) is 4.21 Å². The molecular weight excluding hydrogens is 246 g/mol. The van der Waals surface area contributed by atoms with Gasteiger partial charge in [-0.3, -0.25) is 0 Å². The first-order chi connectivity index (χ1) is 7.56. The zero-order chi connectivity index (χ0) is 12.2. The van der Waals surface area contributed by atoms with E-state index in [1.807, 2.05) is 13.8 Å². The quantitative estimate of drug-likeness (QED) is 0.849. The third-order valence-corrected chi connectivity index (χ3v) is 5.67. The average Bonchev–Trinajstić information content (AvgIpc) is 2.74. The van der Waals surface area contributed by atoms with Crippen molar-refractivity contribution < 1.29 is 13.5 Å². The number of hydrogen-bond acceptors (Lipinski definition) is 4. The molecule has 92 valence electrons. The Morgan fingerprint density at radius 1 is 1.44 bits per heavy atom. The van der Waals surface area contributed by atoms with E-state index >= 15 is 0 Å². The van der Waals surface area contributed by atoms with Crippen LogP contribution in [0.2, 0.25) is 0 Å². The van der Waals surface area contributed by atoms with Crippen LogP contribution in [0.25, 0.3) is 0 Å². The van der Waals surface area contributed by atoms with Crippen LogP contribution in [0.1, 0.15) is 25.8 Å². The highest BCUT2D eigenvalue weighted by atomic mass is 32.2. The highest BCUT2D eigenvalue weighted by molar-refractivity contribution is 7.91. The van der Waals surface area contributed by atoms with E-state index in [2.05, 4.69) is 0 Å². The zero-order valence-electron chi connectivity index (χ0n) is 9.51. The molecule has 4 nitrogen and oxygen atoms in total. The minimum atomic E-state index is -3.36. The van der Waals surface area contributed by atoms with Crippen LogP contribution in [-0.2, 0) is 16.6 Å². The van der Waals surface area contributed by atoms with Crippen molar-refractivity contribution in [3.63, 3.8) is 0 Å². The lowest BCUT2D eigenvalue weighted by Gasteiger charge is -2.18. The van der Waals surface area contributed by atoms with E-state index in [4.69, 9.17) is 5.11 Å². The van der Waals surface area contributed by atoms with Crippen molar-refractivity contribution in [2.24, 2.45) is 0 Å². The lowest BCUT2D eigenvalue weighted by atomic mass is 10.4. The minimum absolute atomic E-state index is 0.119. The SMILES string of the molecule is CCCN(CC)S(=O)(=O)c1cc(CO)cs1. The number of aliphatic hydroxyl groups excluding tert-OH is 1. The minimum Gasteiger partial charge on any atom is -0.392 e. The van der Waals surface area contributed by atoms with Crippen LogP contribution in [0.3, 0.4) is 0 Å². The highest BCUT2D eigenvalue weighted by Gasteiger charge is 2.23. The predicted molar refractivity (Wildman–Crippen MR) is 65.0 cm³/mol. The van der Waals surface area contributed by atoms with Crippen molar-refractivity contribution in [3.8, 4) is 0 Å². The number of thiophene rings is 1. The molecule has 1 aromatic heterocycles. The number of hydrogen-bond donors (Lipinski definition) is 1. The van der Waals surface area contributed by atoms with Crippen LogP contribution in [0, 0.1) is 0 Å². The molecule has 1 heterocycles. The summed E-state index contributed by atoms with van der Waals surface area (Å²) >= 11 is 1.16. The van der Waals surface area contributed by atoms with Crippen molar-refractivity contribution in [1.29, 1.82) is 0 Å². The van der Waals surface area contributed by atoms with Gasteiger partial charge in [0, 0.05) is 13.1 Å². The number of aliphatic hydroxyl groups is 1. The normalized spacial score (nSPS) is 12.2. The van der Waals surface area contributed by atoms with E-state index < -0.39 is 10.0 Å². The Kier molecular flexibility index (Phi) is 4.91. The number of nitrogens with zero attached hydrogens (tertiary/aromatic N) is 1. The van der Waals surface area contributed by atoms with Crippen molar-refractivity contribution in [1.82, 2.24) is 4.31 Å². The lowest BCUT2D eigenvalue weighted by molar-refractivity contribution is 0.282. The second kappa shape index (κ2) is 5.77. The Bertz CT molecular complexity index is 425. The van der Waals surface area contributed by atoms with Gasteiger partial charge in [-0.15, -0.1) is 11.3 Å². The number of rotatable bonds is 6. The highest BCUT2D eigenvalue weighted by Crippen LogP contribution is 2.23. The molecule has 0 unspecified atom stereocenters. The first-order valence-electron chi connectivity index (χ1n) is 5.24. The van der Waals surface area contributed by atoms with Crippen LogP contribution in [-0.4, -0.2) is 30.9 Å². The van der Waals surface area contributed by atoms with Gasteiger partial charge in [0.05, 0.1) is 6.61 Å². The molecule has 0 amide bonds. The molecule has 0 spiro atoms. The Morgan fingerprint density at radius 2 is 2.12 bits per heavy atom. The Morgan fingerprint density at radius 3 is 2.56 bits per heavy atom. The summed E-state index contributed by atoms with van der Waals surface area (Å²) in [5.41, 5.74) is 0.649. The first kappa shape index (κ1) is 13.6. The molecule has 0 radical (unpaired) electrons. The van der Waals surface area contributed by atoms with E-state index in [0.717, 1.165) is 17.8 Å². The molecule has 0 bridgehead atoms. The van der Waals surface area contributed by atoms with Gasteiger partial charge in [0.15, 0.2) is 0 Å². The smallest absolute Gasteiger partial charge is 0.252 e. The first-order valence-corrected chi connectivity index (χ1v) is 7.56. The van der Waals surface area contributed by atoms with Gasteiger partial charge in [-0.25, -0.2) is 8.42 Å². The van der Waals surface area contributed by atoms with Crippen LogP contribution in [0.5, 0.6) is 0 Å². The van der Waals surface area contributed by atoms with Crippen molar-refractivity contribution in [3.05, 3.63) is 17.0 Å². The molecule has 0 aliphatic rings. The second-order valence-corrected chi connectivity index (χ2v) is 6.50. The third-order valence-electron chi connectivity index (χ3n) is 2.23. The van der Waals surface area contributed by atoms with Crippen LogP contribution >= 0.6 is 11.3 Å². The van der Waals surface area contributed by atoms with Gasteiger partial charge in [-0.2, -0.15) is 4.31 Å². The van der Waals surface area contributed by atoms with Gasteiger partial charge in [0.2, 0.25) is 0 Å². The topological polar surface area (TPSA) is 57.6 Å². The van der Waals surface area contributed by atoms with Crippen LogP contribution in [0.15, 0.2) is 15.7 Å². The molecule has 1 rings (SSSR count). The average molecular weight is 263 g/mol. The fourth-order valence-corrected chi connectivity index (χ4v) is 4.29. The molecule has 1 N–H and O–H groups in total. The van der Waals surface area contributed by atoms with Gasteiger partial charge >= 0.3 is 0 Å². The van der Waals surface area contributed by atoms with E-state index in [1.165, 1.54) is 4.31 Å². The summed E-state index contributed by atoms with van der Waals surface area (Å²) in [7, 11) is -3.36. The summed E-state index contributed by atoms with van der Waals surface area (Å²) in [6.45, 7) is 4.67. The molecule has 0 atom stereocenters. The molecule has 0 fully saturated rings. The molecule has 1 aromatic rings. The summed E-state index contributed by atoms with van der Waals surface area (Å²) in [5.74, 6) is 0. The maximum atomic E-state index is 12.1. The molecule has 0 aliphatic heterocycles. The van der Waals surface area contributed by atoms with Gasteiger partial charge in [-0.1, -0.05) is 13.8 Å². The second-order valence-electron chi connectivity index (χ2n) is 3.43. The van der Waals surface area contributed by atoms with E-state index in [0.29, 0.717) is 22.9 Å². The molecule has 0 saturated heterocycles. The van der Waals surface area contributed by atoms with Crippen LogP contribution < -0.4 is 0 Å². The van der Waals surface area contributed by atoms with Gasteiger partial charge in [0.25, 0.3) is 10.0 Å². The fraction of sp³-hybridized carbons (Fsp3) is 0.600. The molecule has 0 aromatic carbocycles. The lowest BCUT2D eigenvalue weighted by Crippen LogP contribution is -2.31. The molecule has 0 saturated carbocycles. The van der Waals surface area contributed by atoms with Crippen molar-refractivity contribution >= 4 is 21.4 Å². The van der Waals surface area contributed by atoms with Crippen molar-refractivity contribution in [2.45, 2.75) is 31.1 Å². The number of sulfonamides is 1. The Labute approximate surface area is 101 Å². The standard InChI is InChI=1S/C10H17NO3S2/c1-3-5-11(4-2)16(13,14)10-6-9(7-12)8-15-10/h6,8,12H,3-5,7H2,1-2H3. The summed E-state index contributed by atoms with van der Waals surface area (Å²) in [4.78, 5) is 0. The summed E-state index contributed by atoms with van der Waals surface area (Å²) in [6.07, 6.45) is 0.797. The van der Waals surface area contributed by atoms with Gasteiger partial charge in [-0.05, 0) is 23.4 Å². The monoisotopic (exact) mass is 263 g/mol. The zero-order valence-corrected chi connectivity index (χ0v) is 11.1. The largest absolute Gasteiger partial charge is 0.392 e. The maximum absolute atomic E-state index is 12.1.